The largest absolute Gasteiger partial charge is 0.497 e. The summed E-state index contributed by atoms with van der Waals surface area (Å²) in [6, 6.07) is 14.5. The standard InChI is InChI=1S/C17H16N2O4S/c1-22-14-6-8-16(9-7-14)24(20,21)17(11-18)12-19-13-4-3-5-15(10-13)23-2/h3-10,12,19H,1-2H3/b17-12-. The van der Waals surface area contributed by atoms with Crippen LogP contribution < -0.4 is 14.8 Å². The highest BCUT2D eigenvalue weighted by molar-refractivity contribution is 7.95. The van der Waals surface area contributed by atoms with Crippen molar-refractivity contribution in [3.63, 3.8) is 0 Å². The van der Waals surface area contributed by atoms with E-state index in [4.69, 9.17) is 9.47 Å². The summed E-state index contributed by atoms with van der Waals surface area (Å²) in [5.74, 6) is 1.15. The number of rotatable bonds is 6. The van der Waals surface area contributed by atoms with E-state index in [1.54, 1.807) is 30.3 Å². The fraction of sp³-hybridized carbons (Fsp3) is 0.118. The summed E-state index contributed by atoms with van der Waals surface area (Å²) < 4.78 is 35.1. The second kappa shape index (κ2) is 7.53. The summed E-state index contributed by atoms with van der Waals surface area (Å²) in [5, 5.41) is 12.0. The first kappa shape index (κ1) is 17.4. The lowest BCUT2D eigenvalue weighted by Crippen LogP contribution is -2.05. The van der Waals surface area contributed by atoms with Gasteiger partial charge in [-0.3, -0.25) is 0 Å². The molecule has 0 aliphatic carbocycles. The normalized spacial score (nSPS) is 11.5. The van der Waals surface area contributed by atoms with Crippen LogP contribution in [0.5, 0.6) is 11.5 Å². The molecule has 2 aromatic carbocycles. The van der Waals surface area contributed by atoms with Gasteiger partial charge in [-0.25, -0.2) is 8.42 Å². The molecule has 0 aromatic heterocycles. The van der Waals surface area contributed by atoms with E-state index in [0.717, 1.165) is 6.20 Å². The molecular formula is C17H16N2O4S. The molecule has 124 valence electrons. The zero-order valence-electron chi connectivity index (χ0n) is 13.2. The third kappa shape index (κ3) is 3.86. The molecule has 2 aromatic rings. The minimum absolute atomic E-state index is 0.0172. The van der Waals surface area contributed by atoms with Crippen molar-refractivity contribution in [2.45, 2.75) is 4.90 Å². The quantitative estimate of drug-likeness (QED) is 0.811. The van der Waals surface area contributed by atoms with Crippen LogP contribution in [0.15, 0.2) is 64.5 Å². The zero-order chi connectivity index (χ0) is 17.6. The van der Waals surface area contributed by atoms with E-state index < -0.39 is 14.7 Å². The number of hydrogen-bond donors (Lipinski definition) is 1. The lowest BCUT2D eigenvalue weighted by Gasteiger charge is -2.07. The maximum Gasteiger partial charge on any atom is 0.218 e. The van der Waals surface area contributed by atoms with Crippen molar-refractivity contribution in [2.24, 2.45) is 0 Å². The highest BCUT2D eigenvalue weighted by Crippen LogP contribution is 2.22. The second-order valence-electron chi connectivity index (χ2n) is 4.68. The van der Waals surface area contributed by atoms with Crippen molar-refractivity contribution in [3.8, 4) is 17.6 Å². The molecule has 0 aliphatic heterocycles. The number of allylic oxidation sites excluding steroid dienone is 1. The van der Waals surface area contributed by atoms with E-state index in [0.29, 0.717) is 17.2 Å². The Kier molecular flexibility index (Phi) is 5.45. The SMILES string of the molecule is COc1ccc(S(=O)(=O)/C(C#N)=C\Nc2cccc(OC)c2)cc1. The molecular weight excluding hydrogens is 328 g/mol. The Bertz CT molecular complexity index is 882. The summed E-state index contributed by atoms with van der Waals surface area (Å²) in [6.07, 6.45) is 1.16. The Morgan fingerprint density at radius 2 is 1.75 bits per heavy atom. The van der Waals surface area contributed by atoms with Crippen molar-refractivity contribution < 1.29 is 17.9 Å². The summed E-state index contributed by atoms with van der Waals surface area (Å²) in [4.78, 5) is -0.376. The van der Waals surface area contributed by atoms with Crippen LogP contribution in [0.4, 0.5) is 5.69 Å². The predicted molar refractivity (Wildman–Crippen MR) is 90.5 cm³/mol. The predicted octanol–water partition coefficient (Wildman–Crippen LogP) is 2.95. The first-order valence-electron chi connectivity index (χ1n) is 6.91. The van der Waals surface area contributed by atoms with Gasteiger partial charge in [0, 0.05) is 18.0 Å². The molecule has 0 radical (unpaired) electrons. The molecule has 0 amide bonds. The van der Waals surface area contributed by atoms with Gasteiger partial charge in [0.1, 0.15) is 17.6 Å². The van der Waals surface area contributed by atoms with Gasteiger partial charge in [0.2, 0.25) is 9.84 Å². The first-order chi connectivity index (χ1) is 11.5. The second-order valence-corrected chi connectivity index (χ2v) is 6.59. The number of hydrogen-bond acceptors (Lipinski definition) is 6. The van der Waals surface area contributed by atoms with E-state index >= 15 is 0 Å². The van der Waals surface area contributed by atoms with Gasteiger partial charge < -0.3 is 14.8 Å². The van der Waals surface area contributed by atoms with Crippen molar-refractivity contribution in [1.82, 2.24) is 0 Å². The minimum atomic E-state index is -3.91. The van der Waals surface area contributed by atoms with Gasteiger partial charge in [-0.1, -0.05) is 6.07 Å². The van der Waals surface area contributed by atoms with Gasteiger partial charge in [-0.15, -0.1) is 0 Å². The molecule has 2 rings (SSSR count). The Hall–Kier alpha value is -2.98. The van der Waals surface area contributed by atoms with Crippen LogP contribution in [0, 0.1) is 11.3 Å². The smallest absolute Gasteiger partial charge is 0.218 e. The average Bonchev–Trinajstić information content (AvgIpc) is 2.62. The third-order valence-corrected chi connectivity index (χ3v) is 4.89. The summed E-state index contributed by atoms with van der Waals surface area (Å²) >= 11 is 0. The maximum absolute atomic E-state index is 12.5. The van der Waals surface area contributed by atoms with Crippen LogP contribution in [-0.2, 0) is 9.84 Å². The summed E-state index contributed by atoms with van der Waals surface area (Å²) in [5.41, 5.74) is 0.604. The van der Waals surface area contributed by atoms with Crippen LogP contribution in [0.1, 0.15) is 0 Å². The van der Waals surface area contributed by atoms with Gasteiger partial charge in [0.05, 0.1) is 19.1 Å². The molecule has 0 atom stereocenters. The zero-order valence-corrected chi connectivity index (χ0v) is 14.0. The molecule has 6 nitrogen and oxygen atoms in total. The molecule has 0 aliphatic rings. The van der Waals surface area contributed by atoms with Crippen molar-refractivity contribution in [3.05, 3.63) is 59.6 Å². The molecule has 0 spiro atoms. The van der Waals surface area contributed by atoms with E-state index in [-0.39, 0.29) is 4.90 Å². The minimum Gasteiger partial charge on any atom is -0.497 e. The number of nitrogens with zero attached hydrogens (tertiary/aromatic N) is 1. The Morgan fingerprint density at radius 3 is 2.33 bits per heavy atom. The number of methoxy groups -OCH3 is 2. The third-order valence-electron chi connectivity index (χ3n) is 3.21. The van der Waals surface area contributed by atoms with Crippen molar-refractivity contribution in [2.75, 3.05) is 19.5 Å². The number of nitrogens with one attached hydrogen (secondary N) is 1. The first-order valence-corrected chi connectivity index (χ1v) is 8.39. The highest BCUT2D eigenvalue weighted by atomic mass is 32.2. The number of nitriles is 1. The fourth-order valence-corrected chi connectivity index (χ4v) is 3.00. The molecule has 0 saturated heterocycles. The average molecular weight is 344 g/mol. The topological polar surface area (TPSA) is 88.4 Å². The van der Waals surface area contributed by atoms with Crippen LogP contribution in [0.2, 0.25) is 0 Å². The molecule has 1 N–H and O–H groups in total. The van der Waals surface area contributed by atoms with E-state index in [1.165, 1.54) is 38.5 Å². The Balaban J connectivity index is 2.29. The van der Waals surface area contributed by atoms with Crippen molar-refractivity contribution >= 4 is 15.5 Å². The van der Waals surface area contributed by atoms with Crippen LogP contribution in [0.25, 0.3) is 0 Å². The molecule has 0 bridgehead atoms. The van der Waals surface area contributed by atoms with Crippen molar-refractivity contribution in [1.29, 1.82) is 5.26 Å². The lowest BCUT2D eigenvalue weighted by molar-refractivity contribution is 0.414. The molecule has 0 heterocycles. The highest BCUT2D eigenvalue weighted by Gasteiger charge is 2.20. The molecule has 0 saturated carbocycles. The van der Waals surface area contributed by atoms with E-state index in [1.807, 2.05) is 0 Å². The molecule has 0 unspecified atom stereocenters. The van der Waals surface area contributed by atoms with Crippen LogP contribution >= 0.6 is 0 Å². The number of anilines is 1. The molecule has 24 heavy (non-hydrogen) atoms. The fourth-order valence-electron chi connectivity index (χ4n) is 1.91. The van der Waals surface area contributed by atoms with Crippen LogP contribution in [-0.4, -0.2) is 22.6 Å². The van der Waals surface area contributed by atoms with Gasteiger partial charge in [-0.05, 0) is 36.4 Å². The Morgan fingerprint density at radius 1 is 1.08 bits per heavy atom. The monoisotopic (exact) mass is 344 g/mol. The summed E-state index contributed by atoms with van der Waals surface area (Å²) in [6.45, 7) is 0. The Labute approximate surface area is 140 Å². The number of ether oxygens (including phenoxy) is 2. The van der Waals surface area contributed by atoms with E-state index in [9.17, 15) is 13.7 Å². The van der Waals surface area contributed by atoms with Gasteiger partial charge in [0.15, 0.2) is 4.91 Å². The van der Waals surface area contributed by atoms with Crippen LogP contribution in [0.3, 0.4) is 0 Å². The number of sulfone groups is 1. The number of benzene rings is 2. The van der Waals surface area contributed by atoms with Gasteiger partial charge in [0.25, 0.3) is 0 Å². The lowest BCUT2D eigenvalue weighted by atomic mass is 10.3. The maximum atomic E-state index is 12.5. The molecule has 0 fully saturated rings. The van der Waals surface area contributed by atoms with Gasteiger partial charge in [-0.2, -0.15) is 5.26 Å². The van der Waals surface area contributed by atoms with Gasteiger partial charge >= 0.3 is 0 Å². The molecule has 7 heteroatoms. The summed E-state index contributed by atoms with van der Waals surface area (Å²) in [7, 11) is -0.891. The van der Waals surface area contributed by atoms with E-state index in [2.05, 4.69) is 5.32 Å².